The number of halogens is 1. The Morgan fingerprint density at radius 2 is 1.93 bits per heavy atom. The van der Waals surface area contributed by atoms with Crippen molar-refractivity contribution in [3.63, 3.8) is 0 Å². The third-order valence-corrected chi connectivity index (χ3v) is 4.55. The average molecular weight is 364 g/mol. The summed E-state index contributed by atoms with van der Waals surface area (Å²) in [7, 11) is 0. The minimum absolute atomic E-state index is 0.00940. The topological polar surface area (TPSA) is 62.6 Å². The number of hydrogen-bond donors (Lipinski definition) is 1. The molecule has 27 heavy (non-hydrogen) atoms. The number of aryl methyl sites for hydroxylation is 1. The van der Waals surface area contributed by atoms with Gasteiger partial charge >= 0.3 is 0 Å². The van der Waals surface area contributed by atoms with Gasteiger partial charge in [0.05, 0.1) is 11.8 Å². The van der Waals surface area contributed by atoms with E-state index in [-0.39, 0.29) is 11.5 Å². The zero-order valence-corrected chi connectivity index (χ0v) is 14.4. The molecule has 0 fully saturated rings. The molecule has 0 atom stereocenters. The van der Waals surface area contributed by atoms with Crippen molar-refractivity contribution in [1.29, 1.82) is 0 Å². The predicted molar refractivity (Wildman–Crippen MR) is 99.5 cm³/mol. The number of rotatable bonds is 3. The first kappa shape index (κ1) is 17.0. The van der Waals surface area contributed by atoms with Gasteiger partial charge < -0.3 is 14.6 Å². The highest BCUT2D eigenvalue weighted by Gasteiger charge is 2.25. The van der Waals surface area contributed by atoms with Crippen molar-refractivity contribution >= 4 is 23.2 Å². The molecule has 1 N–H and O–H groups in total. The van der Waals surface area contributed by atoms with Crippen molar-refractivity contribution in [2.24, 2.45) is 0 Å². The second-order valence-corrected chi connectivity index (χ2v) is 6.32. The molecule has 136 valence electrons. The Bertz CT molecular complexity index is 998. The van der Waals surface area contributed by atoms with Gasteiger partial charge in [0.15, 0.2) is 5.76 Å². The van der Waals surface area contributed by atoms with Crippen LogP contribution in [-0.4, -0.2) is 18.4 Å². The molecule has 6 heteroatoms. The van der Waals surface area contributed by atoms with Crippen molar-refractivity contribution in [2.75, 3.05) is 16.8 Å². The fraction of sp³-hybridized carbons (Fsp3) is 0.143. The van der Waals surface area contributed by atoms with Crippen LogP contribution in [0.25, 0.3) is 0 Å². The van der Waals surface area contributed by atoms with E-state index >= 15 is 0 Å². The Hall–Kier alpha value is -3.41. The fourth-order valence-electron chi connectivity index (χ4n) is 3.26. The van der Waals surface area contributed by atoms with E-state index in [1.807, 2.05) is 6.07 Å². The van der Waals surface area contributed by atoms with Crippen molar-refractivity contribution in [3.05, 3.63) is 83.6 Å². The van der Waals surface area contributed by atoms with Crippen molar-refractivity contribution in [2.45, 2.75) is 12.8 Å². The minimum atomic E-state index is -0.567. The number of furan rings is 1. The van der Waals surface area contributed by atoms with Crippen LogP contribution in [0.15, 0.2) is 65.3 Å². The van der Waals surface area contributed by atoms with Gasteiger partial charge in [0.1, 0.15) is 5.82 Å². The fourth-order valence-corrected chi connectivity index (χ4v) is 3.26. The summed E-state index contributed by atoms with van der Waals surface area (Å²) in [4.78, 5) is 26.6. The van der Waals surface area contributed by atoms with Crippen LogP contribution in [0.4, 0.5) is 15.8 Å². The summed E-state index contributed by atoms with van der Waals surface area (Å²) < 4.78 is 19.0. The normalized spacial score (nSPS) is 13.1. The van der Waals surface area contributed by atoms with Crippen molar-refractivity contribution in [1.82, 2.24) is 0 Å². The van der Waals surface area contributed by atoms with E-state index in [2.05, 4.69) is 5.32 Å². The number of nitrogens with one attached hydrogen (secondary N) is 1. The van der Waals surface area contributed by atoms with E-state index in [4.69, 9.17) is 4.42 Å². The van der Waals surface area contributed by atoms with Crippen molar-refractivity contribution in [3.8, 4) is 0 Å². The molecule has 3 aromatic rings. The summed E-state index contributed by atoms with van der Waals surface area (Å²) in [5.74, 6) is -0.973. The minimum Gasteiger partial charge on any atom is -0.459 e. The van der Waals surface area contributed by atoms with E-state index in [1.165, 1.54) is 24.5 Å². The van der Waals surface area contributed by atoms with Gasteiger partial charge in [-0.2, -0.15) is 0 Å². The smallest absolute Gasteiger partial charge is 0.293 e. The molecule has 2 amide bonds. The van der Waals surface area contributed by atoms with Crippen LogP contribution in [-0.2, 0) is 6.42 Å². The van der Waals surface area contributed by atoms with Crippen LogP contribution in [0, 0.1) is 5.82 Å². The van der Waals surface area contributed by atoms with E-state index in [1.54, 1.807) is 35.2 Å². The zero-order chi connectivity index (χ0) is 18.8. The number of anilines is 2. The summed E-state index contributed by atoms with van der Waals surface area (Å²) in [5, 5.41) is 2.72. The first-order chi connectivity index (χ1) is 13.1. The molecular formula is C21H17FN2O3. The Morgan fingerprint density at radius 3 is 2.70 bits per heavy atom. The Labute approximate surface area is 155 Å². The number of carbonyl (C=O) groups excluding carboxylic acids is 2. The van der Waals surface area contributed by atoms with Gasteiger partial charge in [0.2, 0.25) is 0 Å². The molecule has 0 radical (unpaired) electrons. The molecule has 5 nitrogen and oxygen atoms in total. The van der Waals surface area contributed by atoms with Gasteiger partial charge in [0.25, 0.3) is 11.8 Å². The molecule has 0 bridgehead atoms. The van der Waals surface area contributed by atoms with Gasteiger partial charge in [-0.25, -0.2) is 4.39 Å². The maximum Gasteiger partial charge on any atom is 0.293 e. The maximum absolute atomic E-state index is 13.8. The number of fused-ring (bicyclic) bond motifs is 1. The molecule has 0 unspecified atom stereocenters. The lowest BCUT2D eigenvalue weighted by molar-refractivity contribution is 0.0957. The lowest BCUT2D eigenvalue weighted by Crippen LogP contribution is -2.35. The maximum atomic E-state index is 13.8. The molecule has 0 saturated carbocycles. The molecule has 0 spiro atoms. The van der Waals surface area contributed by atoms with E-state index in [0.29, 0.717) is 18.0 Å². The summed E-state index contributed by atoms with van der Waals surface area (Å²) in [5.41, 5.74) is 2.30. The Kier molecular flexibility index (Phi) is 4.46. The zero-order valence-electron chi connectivity index (χ0n) is 14.4. The molecule has 2 aromatic carbocycles. The molecular weight excluding hydrogens is 347 g/mol. The van der Waals surface area contributed by atoms with Gasteiger partial charge in [-0.3, -0.25) is 9.59 Å². The molecule has 1 aliphatic heterocycles. The van der Waals surface area contributed by atoms with E-state index in [9.17, 15) is 14.0 Å². The number of hydrogen-bond acceptors (Lipinski definition) is 3. The number of benzene rings is 2. The molecule has 1 aliphatic rings. The van der Waals surface area contributed by atoms with E-state index < -0.39 is 11.7 Å². The second kappa shape index (κ2) is 7.07. The van der Waals surface area contributed by atoms with Crippen molar-refractivity contribution < 1.29 is 18.4 Å². The molecule has 4 rings (SSSR count). The predicted octanol–water partition coefficient (Wildman–Crippen LogP) is 4.26. The van der Waals surface area contributed by atoms with Crippen LogP contribution in [0.3, 0.4) is 0 Å². The van der Waals surface area contributed by atoms with Gasteiger partial charge in [-0.1, -0.05) is 12.1 Å². The summed E-state index contributed by atoms with van der Waals surface area (Å²) in [6.07, 6.45) is 3.07. The highest BCUT2D eigenvalue weighted by Crippen LogP contribution is 2.31. The standard InChI is InChI=1S/C21H17FN2O3/c22-17-7-2-1-6-16(17)20(25)23-15-9-10-18-14(13-15)5-3-11-24(18)21(26)19-8-4-12-27-19/h1-2,4,6-10,12-13H,3,5,11H2,(H,23,25). The summed E-state index contributed by atoms with van der Waals surface area (Å²) >= 11 is 0. The van der Waals surface area contributed by atoms with Gasteiger partial charge in [-0.05, 0) is 60.9 Å². The highest BCUT2D eigenvalue weighted by molar-refractivity contribution is 6.06. The quantitative estimate of drug-likeness (QED) is 0.755. The van der Waals surface area contributed by atoms with Gasteiger partial charge in [-0.15, -0.1) is 0 Å². The number of amides is 2. The largest absolute Gasteiger partial charge is 0.459 e. The molecule has 2 heterocycles. The summed E-state index contributed by atoms with van der Waals surface area (Å²) in [6.45, 7) is 0.605. The van der Waals surface area contributed by atoms with Crippen LogP contribution >= 0.6 is 0 Å². The molecule has 1 aromatic heterocycles. The Morgan fingerprint density at radius 1 is 1.07 bits per heavy atom. The van der Waals surface area contributed by atoms with Gasteiger partial charge in [0, 0.05) is 17.9 Å². The summed E-state index contributed by atoms with van der Waals surface area (Å²) in [6, 6.07) is 14.5. The second-order valence-electron chi connectivity index (χ2n) is 6.32. The number of nitrogens with zero attached hydrogens (tertiary/aromatic N) is 1. The lowest BCUT2D eigenvalue weighted by atomic mass is 10.0. The first-order valence-corrected chi connectivity index (χ1v) is 8.67. The van der Waals surface area contributed by atoms with Crippen LogP contribution in [0.5, 0.6) is 0 Å². The lowest BCUT2D eigenvalue weighted by Gasteiger charge is -2.29. The van der Waals surface area contributed by atoms with Crippen LogP contribution < -0.4 is 10.2 Å². The molecule has 0 saturated heterocycles. The first-order valence-electron chi connectivity index (χ1n) is 8.67. The SMILES string of the molecule is O=C(Nc1ccc2c(c1)CCCN2C(=O)c1ccco1)c1ccccc1F. The third-order valence-electron chi connectivity index (χ3n) is 4.55. The average Bonchev–Trinajstić information content (AvgIpc) is 3.22. The third kappa shape index (κ3) is 3.33. The van der Waals surface area contributed by atoms with Crippen LogP contribution in [0.2, 0.25) is 0 Å². The highest BCUT2D eigenvalue weighted by atomic mass is 19.1. The number of carbonyl (C=O) groups is 2. The monoisotopic (exact) mass is 364 g/mol. The molecule has 0 aliphatic carbocycles. The van der Waals surface area contributed by atoms with E-state index in [0.717, 1.165) is 24.1 Å². The Balaban J connectivity index is 1.57. The van der Waals surface area contributed by atoms with Crippen LogP contribution in [0.1, 0.15) is 32.9 Å².